The predicted molar refractivity (Wildman–Crippen MR) is 55.8 cm³/mol. The molecule has 0 aliphatic carbocycles. The Labute approximate surface area is 88.7 Å². The van der Waals surface area contributed by atoms with E-state index >= 15 is 0 Å². The van der Waals surface area contributed by atoms with Gasteiger partial charge >= 0.3 is 5.97 Å². The number of benzene rings is 1. The van der Waals surface area contributed by atoms with E-state index in [4.69, 9.17) is 9.84 Å². The van der Waals surface area contributed by atoms with Crippen molar-refractivity contribution in [3.8, 4) is 0 Å². The second kappa shape index (κ2) is 4.45. The largest absolute Gasteiger partial charge is 0.481 e. The molecule has 80 valence electrons. The van der Waals surface area contributed by atoms with Crippen molar-refractivity contribution in [3.63, 3.8) is 0 Å². The van der Waals surface area contributed by atoms with E-state index in [-0.39, 0.29) is 6.42 Å². The standard InChI is InChI=1S/C12H14O3/c13-12(14)5-4-9-2-1-3-10-6-7-15-8-11(9)10/h1-3H,4-8H2,(H,13,14). The van der Waals surface area contributed by atoms with E-state index in [1.54, 1.807) is 0 Å². The highest BCUT2D eigenvalue weighted by molar-refractivity contribution is 5.67. The molecule has 1 heterocycles. The lowest BCUT2D eigenvalue weighted by atomic mass is 9.95. The van der Waals surface area contributed by atoms with Gasteiger partial charge in [-0.2, -0.15) is 0 Å². The molecule has 0 spiro atoms. The van der Waals surface area contributed by atoms with Crippen molar-refractivity contribution in [3.05, 3.63) is 34.9 Å². The molecule has 2 rings (SSSR count). The molecule has 0 radical (unpaired) electrons. The lowest BCUT2D eigenvalue weighted by Crippen LogP contribution is -2.12. The first kappa shape index (κ1) is 10.2. The van der Waals surface area contributed by atoms with Crippen LogP contribution in [0.2, 0.25) is 0 Å². The zero-order chi connectivity index (χ0) is 10.7. The Balaban J connectivity index is 2.19. The van der Waals surface area contributed by atoms with Gasteiger partial charge in [-0.15, -0.1) is 0 Å². The Morgan fingerprint density at radius 3 is 3.13 bits per heavy atom. The topological polar surface area (TPSA) is 46.5 Å². The third-order valence-electron chi connectivity index (χ3n) is 2.74. The number of carbonyl (C=O) groups is 1. The molecule has 1 aromatic rings. The van der Waals surface area contributed by atoms with Crippen molar-refractivity contribution in [2.24, 2.45) is 0 Å². The van der Waals surface area contributed by atoms with Gasteiger partial charge in [0, 0.05) is 6.42 Å². The minimum atomic E-state index is -0.746. The molecule has 0 aromatic heterocycles. The molecule has 3 nitrogen and oxygen atoms in total. The summed E-state index contributed by atoms with van der Waals surface area (Å²) in [6, 6.07) is 6.10. The summed E-state index contributed by atoms with van der Waals surface area (Å²) in [6.45, 7) is 1.40. The van der Waals surface area contributed by atoms with E-state index < -0.39 is 5.97 Å². The first-order valence-corrected chi connectivity index (χ1v) is 5.16. The molecule has 1 aliphatic rings. The van der Waals surface area contributed by atoms with Crippen LogP contribution < -0.4 is 0 Å². The number of fused-ring (bicyclic) bond motifs is 1. The van der Waals surface area contributed by atoms with Crippen LogP contribution in [0.25, 0.3) is 0 Å². The van der Waals surface area contributed by atoms with Gasteiger partial charge in [-0.05, 0) is 29.5 Å². The molecule has 15 heavy (non-hydrogen) atoms. The van der Waals surface area contributed by atoms with Gasteiger partial charge in [0.25, 0.3) is 0 Å². The summed E-state index contributed by atoms with van der Waals surface area (Å²) >= 11 is 0. The zero-order valence-corrected chi connectivity index (χ0v) is 8.53. The van der Waals surface area contributed by atoms with Gasteiger partial charge in [-0.25, -0.2) is 0 Å². The fourth-order valence-electron chi connectivity index (χ4n) is 1.94. The Hall–Kier alpha value is -1.35. The van der Waals surface area contributed by atoms with E-state index in [9.17, 15) is 4.79 Å². The van der Waals surface area contributed by atoms with Crippen molar-refractivity contribution >= 4 is 5.97 Å². The Bertz CT molecular complexity index is 371. The fraction of sp³-hybridized carbons (Fsp3) is 0.417. The number of rotatable bonds is 3. The van der Waals surface area contributed by atoms with Crippen LogP contribution in [0.5, 0.6) is 0 Å². The van der Waals surface area contributed by atoms with Crippen LogP contribution in [0.4, 0.5) is 0 Å². The molecule has 1 N–H and O–H groups in total. The van der Waals surface area contributed by atoms with Crippen LogP contribution in [-0.2, 0) is 29.0 Å². The van der Waals surface area contributed by atoms with Gasteiger partial charge < -0.3 is 9.84 Å². The number of hydrogen-bond donors (Lipinski definition) is 1. The van der Waals surface area contributed by atoms with E-state index in [1.165, 1.54) is 11.1 Å². The second-order valence-electron chi connectivity index (χ2n) is 3.75. The summed E-state index contributed by atoms with van der Waals surface area (Å²) in [6.07, 6.45) is 1.73. The number of aryl methyl sites for hydroxylation is 1. The number of carboxylic acid groups (broad SMARTS) is 1. The molecule has 3 heteroatoms. The number of ether oxygens (including phenoxy) is 1. The van der Waals surface area contributed by atoms with Crippen molar-refractivity contribution in [1.29, 1.82) is 0 Å². The summed E-state index contributed by atoms with van der Waals surface area (Å²) in [5, 5.41) is 8.65. The Morgan fingerprint density at radius 1 is 1.47 bits per heavy atom. The van der Waals surface area contributed by atoms with Gasteiger partial charge in [-0.3, -0.25) is 4.79 Å². The Kier molecular flexibility index (Phi) is 3.02. The minimum absolute atomic E-state index is 0.191. The summed E-state index contributed by atoms with van der Waals surface area (Å²) in [5.41, 5.74) is 3.63. The summed E-state index contributed by atoms with van der Waals surface area (Å²) < 4.78 is 5.40. The third kappa shape index (κ3) is 2.36. The first-order chi connectivity index (χ1) is 7.27. The summed E-state index contributed by atoms with van der Waals surface area (Å²) in [7, 11) is 0. The van der Waals surface area contributed by atoms with Crippen molar-refractivity contribution in [2.75, 3.05) is 6.61 Å². The second-order valence-corrected chi connectivity index (χ2v) is 3.75. The average molecular weight is 206 g/mol. The van der Waals surface area contributed by atoms with E-state index in [1.807, 2.05) is 12.1 Å². The summed E-state index contributed by atoms with van der Waals surface area (Å²) in [5.74, 6) is -0.746. The molecule has 1 aliphatic heterocycles. The lowest BCUT2D eigenvalue weighted by molar-refractivity contribution is -0.136. The maximum atomic E-state index is 10.5. The van der Waals surface area contributed by atoms with Crippen molar-refractivity contribution < 1.29 is 14.6 Å². The fourth-order valence-corrected chi connectivity index (χ4v) is 1.94. The van der Waals surface area contributed by atoms with Crippen LogP contribution in [0.1, 0.15) is 23.1 Å². The smallest absolute Gasteiger partial charge is 0.303 e. The molecule has 0 unspecified atom stereocenters. The van der Waals surface area contributed by atoms with Gasteiger partial charge in [-0.1, -0.05) is 18.2 Å². The highest BCUT2D eigenvalue weighted by Crippen LogP contribution is 2.21. The SMILES string of the molecule is O=C(O)CCc1cccc2c1COCC2. The molecule has 0 bridgehead atoms. The molecular formula is C12H14O3. The molecule has 0 saturated carbocycles. The van der Waals surface area contributed by atoms with Crippen molar-refractivity contribution in [1.82, 2.24) is 0 Å². The van der Waals surface area contributed by atoms with E-state index in [2.05, 4.69) is 6.07 Å². The van der Waals surface area contributed by atoms with Crippen LogP contribution in [-0.4, -0.2) is 17.7 Å². The number of aliphatic carboxylic acids is 1. The molecule has 0 saturated heterocycles. The van der Waals surface area contributed by atoms with E-state index in [0.29, 0.717) is 13.0 Å². The highest BCUT2D eigenvalue weighted by atomic mass is 16.5. The predicted octanol–water partition coefficient (Wildman–Crippen LogP) is 1.78. The van der Waals surface area contributed by atoms with Crippen LogP contribution >= 0.6 is 0 Å². The summed E-state index contributed by atoms with van der Waals surface area (Å²) in [4.78, 5) is 10.5. The first-order valence-electron chi connectivity index (χ1n) is 5.16. The van der Waals surface area contributed by atoms with Crippen LogP contribution in [0.15, 0.2) is 18.2 Å². The monoisotopic (exact) mass is 206 g/mol. The van der Waals surface area contributed by atoms with Crippen LogP contribution in [0, 0.1) is 0 Å². The Morgan fingerprint density at radius 2 is 2.33 bits per heavy atom. The molecule has 0 atom stereocenters. The highest BCUT2D eigenvalue weighted by Gasteiger charge is 2.13. The van der Waals surface area contributed by atoms with Gasteiger partial charge in [0.05, 0.1) is 13.2 Å². The lowest BCUT2D eigenvalue weighted by Gasteiger charge is -2.19. The van der Waals surface area contributed by atoms with Crippen LogP contribution in [0.3, 0.4) is 0 Å². The maximum absolute atomic E-state index is 10.5. The quantitative estimate of drug-likeness (QED) is 0.819. The molecular weight excluding hydrogens is 192 g/mol. The van der Waals surface area contributed by atoms with Gasteiger partial charge in [0.2, 0.25) is 0 Å². The van der Waals surface area contributed by atoms with Gasteiger partial charge in [0.1, 0.15) is 0 Å². The van der Waals surface area contributed by atoms with Crippen molar-refractivity contribution in [2.45, 2.75) is 25.9 Å². The number of hydrogen-bond acceptors (Lipinski definition) is 2. The maximum Gasteiger partial charge on any atom is 0.303 e. The number of carboxylic acids is 1. The molecule has 0 fully saturated rings. The minimum Gasteiger partial charge on any atom is -0.481 e. The normalized spacial score (nSPS) is 14.7. The molecule has 1 aromatic carbocycles. The molecule has 0 amide bonds. The zero-order valence-electron chi connectivity index (χ0n) is 8.53. The van der Waals surface area contributed by atoms with Gasteiger partial charge in [0.15, 0.2) is 0 Å². The van der Waals surface area contributed by atoms with E-state index in [0.717, 1.165) is 18.6 Å². The third-order valence-corrected chi connectivity index (χ3v) is 2.74. The average Bonchev–Trinajstić information content (AvgIpc) is 2.26.